The Morgan fingerprint density at radius 1 is 1.46 bits per heavy atom. The molecular formula is C21H31ClN2O2. The van der Waals surface area contributed by atoms with E-state index in [2.05, 4.69) is 18.0 Å². The molecule has 2 rings (SSSR count). The van der Waals surface area contributed by atoms with E-state index in [1.165, 1.54) is 0 Å². The lowest BCUT2D eigenvalue weighted by Gasteiger charge is -2.36. The molecule has 144 valence electrons. The van der Waals surface area contributed by atoms with Gasteiger partial charge >= 0.3 is 0 Å². The van der Waals surface area contributed by atoms with Gasteiger partial charge in [0.2, 0.25) is 5.91 Å². The number of hydrogen-bond acceptors (Lipinski definition) is 3. The van der Waals surface area contributed by atoms with Gasteiger partial charge in [-0.15, -0.1) is 0 Å². The summed E-state index contributed by atoms with van der Waals surface area (Å²) in [5.74, 6) is 1.18. The normalized spacial score (nSPS) is 16.9. The van der Waals surface area contributed by atoms with E-state index in [1.807, 2.05) is 26.8 Å². The molecule has 0 saturated carbocycles. The third-order valence-electron chi connectivity index (χ3n) is 5.40. The average molecular weight is 379 g/mol. The lowest BCUT2D eigenvalue weighted by molar-refractivity contribution is -0.126. The molecule has 1 saturated heterocycles. The standard InChI is InChI=1S/C21H31ClN2O2/c1-5-10-26-19-12-18(22)14(2)11-16(19)17(13-21(3,4)20(23)25)15-6-8-24-9-7-15/h5,11-12,15,17,24H,1,6-10,13H2,2-4H3,(H2,23,25)/t17-/m1/s1. The lowest BCUT2D eigenvalue weighted by Crippen LogP contribution is -2.37. The number of amides is 1. The molecule has 1 aliphatic rings. The van der Waals surface area contributed by atoms with Crippen molar-refractivity contribution >= 4 is 17.5 Å². The van der Waals surface area contributed by atoms with E-state index < -0.39 is 5.41 Å². The molecule has 0 aromatic heterocycles. The summed E-state index contributed by atoms with van der Waals surface area (Å²) < 4.78 is 5.93. The van der Waals surface area contributed by atoms with Crippen LogP contribution < -0.4 is 15.8 Å². The first-order valence-corrected chi connectivity index (χ1v) is 9.68. The Morgan fingerprint density at radius 2 is 2.12 bits per heavy atom. The summed E-state index contributed by atoms with van der Waals surface area (Å²) in [6.07, 6.45) is 4.56. The number of halogens is 1. The van der Waals surface area contributed by atoms with Crippen molar-refractivity contribution in [1.29, 1.82) is 0 Å². The van der Waals surface area contributed by atoms with Crippen molar-refractivity contribution in [2.45, 2.75) is 46.0 Å². The monoisotopic (exact) mass is 378 g/mol. The van der Waals surface area contributed by atoms with Gasteiger partial charge in [-0.2, -0.15) is 0 Å². The largest absolute Gasteiger partial charge is 0.489 e. The van der Waals surface area contributed by atoms with Crippen LogP contribution in [0, 0.1) is 18.3 Å². The van der Waals surface area contributed by atoms with Crippen molar-refractivity contribution < 1.29 is 9.53 Å². The van der Waals surface area contributed by atoms with E-state index in [4.69, 9.17) is 22.1 Å². The lowest BCUT2D eigenvalue weighted by atomic mass is 9.71. The van der Waals surface area contributed by atoms with Crippen molar-refractivity contribution in [3.8, 4) is 5.75 Å². The first kappa shape index (κ1) is 20.8. The maximum Gasteiger partial charge on any atom is 0.223 e. The van der Waals surface area contributed by atoms with Gasteiger partial charge in [0.15, 0.2) is 0 Å². The molecule has 0 spiro atoms. The Bertz CT molecular complexity index is 652. The van der Waals surface area contributed by atoms with E-state index >= 15 is 0 Å². The van der Waals surface area contributed by atoms with Crippen LogP contribution in [-0.2, 0) is 4.79 Å². The summed E-state index contributed by atoms with van der Waals surface area (Å²) >= 11 is 6.35. The van der Waals surface area contributed by atoms with Gasteiger partial charge < -0.3 is 15.8 Å². The molecule has 1 amide bonds. The van der Waals surface area contributed by atoms with Crippen LogP contribution in [0.2, 0.25) is 5.02 Å². The molecule has 1 fully saturated rings. The van der Waals surface area contributed by atoms with Crippen molar-refractivity contribution in [1.82, 2.24) is 5.32 Å². The molecule has 0 aliphatic carbocycles. The maximum absolute atomic E-state index is 12.0. The van der Waals surface area contributed by atoms with Crippen LogP contribution in [0.5, 0.6) is 5.75 Å². The quantitative estimate of drug-likeness (QED) is 0.666. The van der Waals surface area contributed by atoms with Crippen LogP contribution in [0.1, 0.15) is 50.2 Å². The minimum absolute atomic E-state index is 0.190. The number of rotatable bonds is 8. The Hall–Kier alpha value is -1.52. The van der Waals surface area contributed by atoms with Crippen molar-refractivity contribution in [3.63, 3.8) is 0 Å². The highest BCUT2D eigenvalue weighted by Crippen LogP contribution is 2.44. The van der Waals surface area contributed by atoms with E-state index in [1.54, 1.807) is 6.08 Å². The highest BCUT2D eigenvalue weighted by Gasteiger charge is 2.35. The fourth-order valence-corrected chi connectivity index (χ4v) is 3.83. The number of nitrogens with two attached hydrogens (primary N) is 1. The number of carbonyl (C=O) groups excluding carboxylic acids is 1. The van der Waals surface area contributed by atoms with Crippen molar-refractivity contribution in [3.05, 3.63) is 40.9 Å². The van der Waals surface area contributed by atoms with Crippen LogP contribution in [0.15, 0.2) is 24.8 Å². The summed E-state index contributed by atoms with van der Waals surface area (Å²) in [6.45, 7) is 12.0. The second kappa shape index (κ2) is 8.92. The minimum atomic E-state index is -0.585. The van der Waals surface area contributed by atoms with Gasteiger partial charge in [0.25, 0.3) is 0 Å². The zero-order valence-corrected chi connectivity index (χ0v) is 16.9. The third-order valence-corrected chi connectivity index (χ3v) is 5.80. The Balaban J connectivity index is 2.47. The summed E-state index contributed by atoms with van der Waals surface area (Å²) in [6, 6.07) is 4.01. The first-order chi connectivity index (χ1) is 12.3. The van der Waals surface area contributed by atoms with Crippen molar-refractivity contribution in [2.75, 3.05) is 19.7 Å². The molecule has 0 radical (unpaired) electrons. The fraction of sp³-hybridized carbons (Fsp3) is 0.571. The van der Waals surface area contributed by atoms with E-state index in [9.17, 15) is 4.79 Å². The summed E-state index contributed by atoms with van der Waals surface area (Å²) in [4.78, 5) is 12.0. The van der Waals surface area contributed by atoms with Gasteiger partial charge in [0.05, 0.1) is 0 Å². The molecule has 1 aromatic carbocycles. The second-order valence-electron chi connectivity index (χ2n) is 7.89. The molecule has 1 atom stereocenters. The van der Waals surface area contributed by atoms with E-state index in [0.29, 0.717) is 24.0 Å². The number of hydrogen-bond donors (Lipinski definition) is 2. The Kier molecular flexibility index (Phi) is 7.13. The number of piperidine rings is 1. The number of aryl methyl sites for hydroxylation is 1. The van der Waals surface area contributed by atoms with Crippen LogP contribution >= 0.6 is 11.6 Å². The van der Waals surface area contributed by atoms with Gasteiger partial charge in [0, 0.05) is 10.4 Å². The predicted molar refractivity (Wildman–Crippen MR) is 108 cm³/mol. The number of nitrogens with one attached hydrogen (secondary N) is 1. The minimum Gasteiger partial charge on any atom is -0.489 e. The zero-order valence-electron chi connectivity index (χ0n) is 16.1. The highest BCUT2D eigenvalue weighted by molar-refractivity contribution is 6.31. The SMILES string of the molecule is C=CCOc1cc(Cl)c(C)cc1[C@H](CC(C)(C)C(N)=O)C1CCNCC1. The van der Waals surface area contributed by atoms with Crippen LogP contribution in [0.3, 0.4) is 0 Å². The van der Waals surface area contributed by atoms with Crippen molar-refractivity contribution in [2.24, 2.45) is 17.1 Å². The summed E-state index contributed by atoms with van der Waals surface area (Å²) in [5.41, 5.74) is 7.23. The van der Waals surface area contributed by atoms with Gasteiger partial charge in [-0.05, 0) is 68.3 Å². The molecule has 26 heavy (non-hydrogen) atoms. The van der Waals surface area contributed by atoms with E-state index in [0.717, 1.165) is 42.8 Å². The Labute approximate surface area is 162 Å². The molecule has 0 unspecified atom stereocenters. The molecule has 3 N–H and O–H groups in total. The topological polar surface area (TPSA) is 64.3 Å². The van der Waals surface area contributed by atoms with Gasteiger partial charge in [-0.1, -0.05) is 44.2 Å². The third kappa shape index (κ3) is 5.01. The zero-order chi connectivity index (χ0) is 19.3. The maximum atomic E-state index is 12.0. The van der Waals surface area contributed by atoms with Crippen LogP contribution in [0.25, 0.3) is 0 Å². The van der Waals surface area contributed by atoms with Gasteiger partial charge in [-0.25, -0.2) is 0 Å². The van der Waals surface area contributed by atoms with Crippen LogP contribution in [-0.4, -0.2) is 25.6 Å². The van der Waals surface area contributed by atoms with E-state index in [-0.39, 0.29) is 11.8 Å². The van der Waals surface area contributed by atoms with Gasteiger partial charge in [0.1, 0.15) is 12.4 Å². The van der Waals surface area contributed by atoms with Gasteiger partial charge in [-0.3, -0.25) is 4.79 Å². The molecule has 5 heteroatoms. The molecule has 1 heterocycles. The molecule has 1 aliphatic heterocycles. The second-order valence-corrected chi connectivity index (χ2v) is 8.29. The molecule has 0 bridgehead atoms. The summed E-state index contributed by atoms with van der Waals surface area (Å²) in [5, 5.41) is 4.10. The molecular weight excluding hydrogens is 348 g/mol. The first-order valence-electron chi connectivity index (χ1n) is 9.30. The highest BCUT2D eigenvalue weighted by atomic mass is 35.5. The number of ether oxygens (including phenoxy) is 1. The Morgan fingerprint density at radius 3 is 2.69 bits per heavy atom. The number of carbonyl (C=O) groups is 1. The average Bonchev–Trinajstić information content (AvgIpc) is 2.61. The summed E-state index contributed by atoms with van der Waals surface area (Å²) in [7, 11) is 0. The molecule has 4 nitrogen and oxygen atoms in total. The predicted octanol–water partition coefficient (Wildman–Crippen LogP) is 4.20. The van der Waals surface area contributed by atoms with Crippen LogP contribution in [0.4, 0.5) is 0 Å². The molecule has 1 aromatic rings. The smallest absolute Gasteiger partial charge is 0.223 e. The number of primary amides is 1. The number of benzene rings is 1. The fourth-order valence-electron chi connectivity index (χ4n) is 3.68.